The third kappa shape index (κ3) is 2.97. The molecule has 0 N–H and O–H groups in total. The van der Waals surface area contributed by atoms with Gasteiger partial charge in [-0.3, -0.25) is 4.57 Å². The fraction of sp³-hybridized carbons (Fsp3) is 0.562. The molecule has 1 atom stereocenters. The summed E-state index contributed by atoms with van der Waals surface area (Å²) in [7, 11) is 0. The third-order valence-electron chi connectivity index (χ3n) is 4.11. The van der Waals surface area contributed by atoms with Crippen molar-refractivity contribution in [3.63, 3.8) is 0 Å². The summed E-state index contributed by atoms with van der Waals surface area (Å²) in [6, 6.07) is 0. The third-order valence-corrected chi connectivity index (χ3v) is 4.11. The average molecular weight is 301 g/mol. The summed E-state index contributed by atoms with van der Waals surface area (Å²) < 4.78 is 7.87. The van der Waals surface area contributed by atoms with Crippen molar-refractivity contribution in [2.24, 2.45) is 0 Å². The molecular weight excluding hydrogens is 278 g/mol. The fourth-order valence-corrected chi connectivity index (χ4v) is 2.76. The van der Waals surface area contributed by atoms with Crippen LogP contribution in [0.25, 0.3) is 17.2 Å². The molecule has 3 rings (SSSR count). The highest BCUT2D eigenvalue weighted by Crippen LogP contribution is 2.26. The topological polar surface area (TPSA) is 56.1 Å². The SMILES string of the molecule is CCN(/C=C/c1ncnc2c1ncn2C1CCCCO1)CC. The lowest BCUT2D eigenvalue weighted by atomic mass is 10.2. The molecule has 0 amide bonds. The molecule has 118 valence electrons. The van der Waals surface area contributed by atoms with Crippen LogP contribution in [0, 0.1) is 0 Å². The molecule has 1 aliphatic rings. The van der Waals surface area contributed by atoms with Gasteiger partial charge in [0.25, 0.3) is 0 Å². The Labute approximate surface area is 130 Å². The summed E-state index contributed by atoms with van der Waals surface area (Å²) in [5.41, 5.74) is 2.53. The van der Waals surface area contributed by atoms with Gasteiger partial charge in [0.15, 0.2) is 5.65 Å². The highest BCUT2D eigenvalue weighted by molar-refractivity contribution is 5.79. The maximum absolute atomic E-state index is 5.84. The Kier molecular flexibility index (Phi) is 4.68. The molecule has 2 aromatic heterocycles. The Morgan fingerprint density at radius 1 is 1.27 bits per heavy atom. The minimum Gasteiger partial charge on any atom is -0.378 e. The van der Waals surface area contributed by atoms with Gasteiger partial charge < -0.3 is 9.64 Å². The highest BCUT2D eigenvalue weighted by atomic mass is 16.5. The lowest BCUT2D eigenvalue weighted by Crippen LogP contribution is -2.17. The number of rotatable bonds is 5. The monoisotopic (exact) mass is 301 g/mol. The number of fused-ring (bicyclic) bond motifs is 1. The van der Waals surface area contributed by atoms with Crippen LogP contribution in [0.4, 0.5) is 0 Å². The molecule has 1 aliphatic heterocycles. The molecule has 1 saturated heterocycles. The van der Waals surface area contributed by atoms with Crippen molar-refractivity contribution in [1.82, 2.24) is 24.4 Å². The maximum atomic E-state index is 5.84. The van der Waals surface area contributed by atoms with Gasteiger partial charge in [0.1, 0.15) is 18.1 Å². The van der Waals surface area contributed by atoms with Gasteiger partial charge in [-0.25, -0.2) is 15.0 Å². The molecule has 3 heterocycles. The minimum absolute atomic E-state index is 0.0493. The molecule has 6 heteroatoms. The summed E-state index contributed by atoms with van der Waals surface area (Å²) in [4.78, 5) is 15.5. The van der Waals surface area contributed by atoms with Crippen LogP contribution < -0.4 is 0 Å². The standard InChI is InChI=1S/C16H23N5O/c1-3-20(4-2)9-8-13-15-16(18-11-17-13)21(12-19-15)14-7-5-6-10-22-14/h8-9,11-12,14H,3-7,10H2,1-2H3/b9-8+. The van der Waals surface area contributed by atoms with Crippen molar-refractivity contribution >= 4 is 17.2 Å². The molecule has 0 aromatic carbocycles. The number of imidazole rings is 1. The van der Waals surface area contributed by atoms with E-state index in [4.69, 9.17) is 4.74 Å². The van der Waals surface area contributed by atoms with Gasteiger partial charge in [-0.05, 0) is 39.2 Å². The van der Waals surface area contributed by atoms with E-state index < -0.39 is 0 Å². The van der Waals surface area contributed by atoms with E-state index in [9.17, 15) is 0 Å². The Bertz CT molecular complexity index is 641. The van der Waals surface area contributed by atoms with Crippen LogP contribution in [-0.2, 0) is 4.74 Å². The molecule has 0 spiro atoms. The van der Waals surface area contributed by atoms with Crippen LogP contribution >= 0.6 is 0 Å². The van der Waals surface area contributed by atoms with Gasteiger partial charge in [-0.15, -0.1) is 0 Å². The van der Waals surface area contributed by atoms with Crippen molar-refractivity contribution < 1.29 is 4.74 Å². The van der Waals surface area contributed by atoms with Gasteiger partial charge >= 0.3 is 0 Å². The Morgan fingerprint density at radius 2 is 2.14 bits per heavy atom. The van der Waals surface area contributed by atoms with E-state index in [0.717, 1.165) is 49.4 Å². The maximum Gasteiger partial charge on any atom is 0.165 e. The van der Waals surface area contributed by atoms with Gasteiger partial charge in [0.05, 0.1) is 12.0 Å². The van der Waals surface area contributed by atoms with E-state index in [2.05, 4.69) is 39.9 Å². The molecule has 2 aromatic rings. The Hall–Kier alpha value is -1.95. The molecule has 6 nitrogen and oxygen atoms in total. The van der Waals surface area contributed by atoms with Crippen molar-refractivity contribution in [1.29, 1.82) is 0 Å². The first-order valence-electron chi connectivity index (χ1n) is 8.04. The van der Waals surface area contributed by atoms with E-state index in [1.54, 1.807) is 6.33 Å². The summed E-state index contributed by atoms with van der Waals surface area (Å²) in [6.45, 7) is 7.04. The first kappa shape index (κ1) is 15.0. The van der Waals surface area contributed by atoms with E-state index in [-0.39, 0.29) is 6.23 Å². The largest absolute Gasteiger partial charge is 0.378 e. The molecule has 0 saturated carbocycles. The first-order valence-corrected chi connectivity index (χ1v) is 8.04. The van der Waals surface area contributed by atoms with Crippen molar-refractivity contribution in [2.75, 3.05) is 19.7 Å². The smallest absolute Gasteiger partial charge is 0.165 e. The summed E-state index contributed by atoms with van der Waals surface area (Å²) >= 11 is 0. The summed E-state index contributed by atoms with van der Waals surface area (Å²) in [5.74, 6) is 0. The zero-order valence-corrected chi connectivity index (χ0v) is 13.3. The van der Waals surface area contributed by atoms with Crippen molar-refractivity contribution in [3.05, 3.63) is 24.5 Å². The zero-order valence-electron chi connectivity index (χ0n) is 13.3. The molecule has 0 radical (unpaired) electrons. The summed E-state index contributed by atoms with van der Waals surface area (Å²) in [6.07, 6.45) is 10.9. The quantitative estimate of drug-likeness (QED) is 0.850. The van der Waals surface area contributed by atoms with E-state index in [0.29, 0.717) is 0 Å². The van der Waals surface area contributed by atoms with E-state index >= 15 is 0 Å². The molecule has 1 fully saturated rings. The summed E-state index contributed by atoms with van der Waals surface area (Å²) in [5, 5.41) is 0. The van der Waals surface area contributed by atoms with Gasteiger partial charge in [-0.2, -0.15) is 0 Å². The second kappa shape index (κ2) is 6.87. The molecule has 0 aliphatic carbocycles. The van der Waals surface area contributed by atoms with Crippen LogP contribution in [0.5, 0.6) is 0 Å². The predicted molar refractivity (Wildman–Crippen MR) is 86.1 cm³/mol. The Balaban J connectivity index is 1.91. The number of aromatic nitrogens is 4. The minimum atomic E-state index is 0.0493. The molecule has 1 unspecified atom stereocenters. The first-order chi connectivity index (χ1) is 10.8. The van der Waals surface area contributed by atoms with Crippen LogP contribution in [0.1, 0.15) is 45.0 Å². The lowest BCUT2D eigenvalue weighted by Gasteiger charge is -2.23. The number of nitrogens with zero attached hydrogens (tertiary/aromatic N) is 5. The predicted octanol–water partition coefficient (Wildman–Crippen LogP) is 2.84. The van der Waals surface area contributed by atoms with Crippen LogP contribution in [0.15, 0.2) is 18.9 Å². The van der Waals surface area contributed by atoms with Crippen LogP contribution in [-0.4, -0.2) is 44.1 Å². The highest BCUT2D eigenvalue weighted by Gasteiger charge is 2.19. The van der Waals surface area contributed by atoms with Gasteiger partial charge in [0, 0.05) is 25.9 Å². The second-order valence-electron chi connectivity index (χ2n) is 5.44. The lowest BCUT2D eigenvalue weighted by molar-refractivity contribution is -0.0298. The van der Waals surface area contributed by atoms with Gasteiger partial charge in [0.2, 0.25) is 0 Å². The molecule has 0 bridgehead atoms. The fourth-order valence-electron chi connectivity index (χ4n) is 2.76. The molecule has 22 heavy (non-hydrogen) atoms. The van der Waals surface area contributed by atoms with E-state index in [1.807, 2.05) is 17.0 Å². The number of hydrogen-bond acceptors (Lipinski definition) is 5. The average Bonchev–Trinajstić information content (AvgIpc) is 3.01. The van der Waals surface area contributed by atoms with Gasteiger partial charge in [-0.1, -0.05) is 0 Å². The van der Waals surface area contributed by atoms with Crippen molar-refractivity contribution in [2.45, 2.75) is 39.3 Å². The van der Waals surface area contributed by atoms with Crippen molar-refractivity contribution in [3.8, 4) is 0 Å². The van der Waals surface area contributed by atoms with E-state index in [1.165, 1.54) is 6.42 Å². The zero-order chi connectivity index (χ0) is 15.4. The molecular formula is C16H23N5O. The van der Waals surface area contributed by atoms with Crippen LogP contribution in [0.3, 0.4) is 0 Å². The number of ether oxygens (including phenoxy) is 1. The Morgan fingerprint density at radius 3 is 2.86 bits per heavy atom. The number of hydrogen-bond donors (Lipinski definition) is 0. The second-order valence-corrected chi connectivity index (χ2v) is 5.44. The normalized spacial score (nSPS) is 19.1. The van der Waals surface area contributed by atoms with Crippen LogP contribution in [0.2, 0.25) is 0 Å².